The summed E-state index contributed by atoms with van der Waals surface area (Å²) in [4.78, 5) is 30.4. The number of nitrogens with zero attached hydrogens (tertiary/aromatic N) is 2. The van der Waals surface area contributed by atoms with Crippen molar-refractivity contribution in [3.63, 3.8) is 0 Å². The van der Waals surface area contributed by atoms with Gasteiger partial charge in [0.1, 0.15) is 11.5 Å². The van der Waals surface area contributed by atoms with Crippen molar-refractivity contribution in [1.29, 1.82) is 0 Å². The van der Waals surface area contributed by atoms with Crippen LogP contribution in [-0.4, -0.2) is 23.3 Å². The van der Waals surface area contributed by atoms with Crippen LogP contribution in [0, 0.1) is 0 Å². The number of anilines is 2. The monoisotopic (exact) mass is 387 g/mol. The van der Waals surface area contributed by atoms with Gasteiger partial charge in [0.2, 0.25) is 5.91 Å². The minimum atomic E-state index is -0.184. The normalized spacial score (nSPS) is 12.4. The van der Waals surface area contributed by atoms with Gasteiger partial charge in [0, 0.05) is 42.3 Å². The first kappa shape index (κ1) is 18.7. The predicted octanol–water partition coefficient (Wildman–Crippen LogP) is 4.43. The van der Waals surface area contributed by atoms with Gasteiger partial charge in [-0.2, -0.15) is 0 Å². The summed E-state index contributed by atoms with van der Waals surface area (Å²) < 4.78 is 5.73. The van der Waals surface area contributed by atoms with Crippen LogP contribution in [0.5, 0.6) is 11.5 Å². The predicted molar refractivity (Wildman–Crippen MR) is 111 cm³/mol. The second-order valence-corrected chi connectivity index (χ2v) is 6.76. The lowest BCUT2D eigenvalue weighted by Gasteiger charge is -2.16. The number of carbonyl (C=O) groups excluding carboxylic acids is 2. The third-order valence-electron chi connectivity index (χ3n) is 4.84. The number of carbonyl (C=O) groups is 2. The summed E-state index contributed by atoms with van der Waals surface area (Å²) in [5, 5.41) is 2.90. The topological polar surface area (TPSA) is 71.5 Å². The van der Waals surface area contributed by atoms with Crippen LogP contribution in [0.25, 0.3) is 0 Å². The molecule has 6 heteroatoms. The van der Waals surface area contributed by atoms with E-state index in [2.05, 4.69) is 10.3 Å². The van der Waals surface area contributed by atoms with E-state index in [1.165, 1.54) is 0 Å². The van der Waals surface area contributed by atoms with Crippen LogP contribution in [0.2, 0.25) is 0 Å². The Bertz CT molecular complexity index is 1030. The van der Waals surface area contributed by atoms with Gasteiger partial charge in [0.25, 0.3) is 5.91 Å². The lowest BCUT2D eigenvalue weighted by Crippen LogP contribution is -2.27. The molecule has 1 N–H and O–H groups in total. The summed E-state index contributed by atoms with van der Waals surface area (Å²) in [6, 6.07) is 16.2. The second kappa shape index (κ2) is 8.14. The molecule has 0 spiro atoms. The zero-order valence-electron chi connectivity index (χ0n) is 16.1. The zero-order valence-corrected chi connectivity index (χ0v) is 16.1. The van der Waals surface area contributed by atoms with Crippen molar-refractivity contribution in [3.8, 4) is 11.5 Å². The molecule has 29 heavy (non-hydrogen) atoms. The smallest absolute Gasteiger partial charge is 0.255 e. The van der Waals surface area contributed by atoms with Crippen molar-refractivity contribution in [1.82, 2.24) is 4.98 Å². The van der Waals surface area contributed by atoms with E-state index in [1.54, 1.807) is 59.8 Å². The van der Waals surface area contributed by atoms with Crippen molar-refractivity contribution in [2.45, 2.75) is 19.8 Å². The standard InChI is InChI=1S/C23H21N3O3/c1-2-22(27)26-14-11-16-15-17(3-8-21(16)26)23(28)25-18-4-6-19(7-5-18)29-20-9-12-24-13-10-20/h3-10,12-13,15H,2,11,14H2,1H3,(H,25,28). The summed E-state index contributed by atoms with van der Waals surface area (Å²) in [5.74, 6) is 1.30. The van der Waals surface area contributed by atoms with Crippen LogP contribution < -0.4 is 15.0 Å². The SMILES string of the molecule is CCC(=O)N1CCc2cc(C(=O)Nc3ccc(Oc4ccncc4)cc3)ccc21. The van der Waals surface area contributed by atoms with Gasteiger partial charge in [-0.15, -0.1) is 0 Å². The summed E-state index contributed by atoms with van der Waals surface area (Å²) >= 11 is 0. The van der Waals surface area contributed by atoms with Crippen molar-refractivity contribution >= 4 is 23.2 Å². The lowest BCUT2D eigenvalue weighted by molar-refractivity contribution is -0.118. The first-order chi connectivity index (χ1) is 14.1. The number of benzene rings is 2. The molecule has 0 aliphatic carbocycles. The fraction of sp³-hybridized carbons (Fsp3) is 0.174. The molecule has 0 fully saturated rings. The Labute approximate surface area is 169 Å². The Morgan fingerprint density at radius 3 is 2.48 bits per heavy atom. The number of hydrogen-bond acceptors (Lipinski definition) is 4. The van der Waals surface area contributed by atoms with Crippen LogP contribution in [0.1, 0.15) is 29.3 Å². The van der Waals surface area contributed by atoms with Gasteiger partial charge in [-0.3, -0.25) is 14.6 Å². The molecule has 0 bridgehead atoms. The van der Waals surface area contributed by atoms with E-state index in [0.717, 1.165) is 17.7 Å². The van der Waals surface area contributed by atoms with Crippen molar-refractivity contribution < 1.29 is 14.3 Å². The van der Waals surface area contributed by atoms with Crippen molar-refractivity contribution in [2.24, 2.45) is 0 Å². The zero-order chi connectivity index (χ0) is 20.2. The highest BCUT2D eigenvalue weighted by Gasteiger charge is 2.24. The van der Waals surface area contributed by atoms with Crippen molar-refractivity contribution in [3.05, 3.63) is 78.1 Å². The van der Waals surface area contributed by atoms with Crippen LogP contribution in [0.4, 0.5) is 11.4 Å². The molecule has 0 saturated carbocycles. The first-order valence-electron chi connectivity index (χ1n) is 9.56. The van der Waals surface area contributed by atoms with Crippen LogP contribution >= 0.6 is 0 Å². The molecule has 3 aromatic rings. The van der Waals surface area contributed by atoms with E-state index >= 15 is 0 Å². The number of nitrogens with one attached hydrogen (secondary N) is 1. The number of rotatable bonds is 5. The van der Waals surface area contributed by atoms with Gasteiger partial charge in [0.15, 0.2) is 0 Å². The van der Waals surface area contributed by atoms with E-state index in [0.29, 0.717) is 35.7 Å². The van der Waals surface area contributed by atoms with Crippen LogP contribution in [-0.2, 0) is 11.2 Å². The lowest BCUT2D eigenvalue weighted by atomic mass is 10.1. The van der Waals surface area contributed by atoms with Gasteiger partial charge in [0.05, 0.1) is 0 Å². The third kappa shape index (κ3) is 4.11. The second-order valence-electron chi connectivity index (χ2n) is 6.76. The van der Waals surface area contributed by atoms with Crippen molar-refractivity contribution in [2.75, 3.05) is 16.8 Å². The maximum absolute atomic E-state index is 12.6. The fourth-order valence-corrected chi connectivity index (χ4v) is 3.34. The Morgan fingerprint density at radius 1 is 1.03 bits per heavy atom. The fourth-order valence-electron chi connectivity index (χ4n) is 3.34. The van der Waals surface area contributed by atoms with Gasteiger partial charge >= 0.3 is 0 Å². The summed E-state index contributed by atoms with van der Waals surface area (Å²) in [5.41, 5.74) is 3.19. The first-order valence-corrected chi connectivity index (χ1v) is 9.56. The van der Waals surface area contributed by atoms with Crippen LogP contribution in [0.15, 0.2) is 67.0 Å². The minimum Gasteiger partial charge on any atom is -0.457 e. The number of fused-ring (bicyclic) bond motifs is 1. The van der Waals surface area contributed by atoms with E-state index in [1.807, 2.05) is 19.1 Å². The van der Waals surface area contributed by atoms with E-state index in [9.17, 15) is 9.59 Å². The van der Waals surface area contributed by atoms with Gasteiger partial charge in [-0.05, 0) is 66.6 Å². The molecule has 6 nitrogen and oxygen atoms in total. The molecule has 0 atom stereocenters. The molecule has 2 aromatic carbocycles. The molecule has 0 radical (unpaired) electrons. The Kier molecular flexibility index (Phi) is 5.24. The number of pyridine rings is 1. The molecule has 2 heterocycles. The highest BCUT2D eigenvalue weighted by Crippen LogP contribution is 2.30. The molecule has 4 rings (SSSR count). The summed E-state index contributed by atoms with van der Waals surface area (Å²) in [6.07, 6.45) is 4.57. The summed E-state index contributed by atoms with van der Waals surface area (Å²) in [6.45, 7) is 2.53. The molecule has 1 aromatic heterocycles. The molecule has 2 amide bonds. The average molecular weight is 387 g/mol. The largest absolute Gasteiger partial charge is 0.457 e. The van der Waals surface area contributed by atoms with Crippen LogP contribution in [0.3, 0.4) is 0 Å². The molecular formula is C23H21N3O3. The van der Waals surface area contributed by atoms with Gasteiger partial charge in [-0.25, -0.2) is 0 Å². The number of ether oxygens (including phenoxy) is 1. The maximum atomic E-state index is 12.6. The molecule has 1 aliphatic heterocycles. The molecule has 1 aliphatic rings. The van der Waals surface area contributed by atoms with E-state index < -0.39 is 0 Å². The Hall–Kier alpha value is -3.67. The average Bonchev–Trinajstić information content (AvgIpc) is 3.18. The highest BCUT2D eigenvalue weighted by molar-refractivity contribution is 6.05. The molecule has 0 saturated heterocycles. The highest BCUT2D eigenvalue weighted by atomic mass is 16.5. The Balaban J connectivity index is 1.43. The van der Waals surface area contributed by atoms with E-state index in [-0.39, 0.29) is 11.8 Å². The van der Waals surface area contributed by atoms with Gasteiger partial charge < -0.3 is 15.0 Å². The molecule has 0 unspecified atom stereocenters. The molecule has 146 valence electrons. The third-order valence-corrected chi connectivity index (χ3v) is 4.84. The number of amides is 2. The minimum absolute atomic E-state index is 0.107. The summed E-state index contributed by atoms with van der Waals surface area (Å²) in [7, 11) is 0. The van der Waals surface area contributed by atoms with E-state index in [4.69, 9.17) is 4.74 Å². The molecular weight excluding hydrogens is 366 g/mol. The quantitative estimate of drug-likeness (QED) is 0.703. The number of aromatic nitrogens is 1. The maximum Gasteiger partial charge on any atom is 0.255 e. The Morgan fingerprint density at radius 2 is 1.76 bits per heavy atom. The number of hydrogen-bond donors (Lipinski definition) is 1. The van der Waals surface area contributed by atoms with Gasteiger partial charge in [-0.1, -0.05) is 6.92 Å².